The van der Waals surface area contributed by atoms with Crippen LogP contribution in [0.3, 0.4) is 0 Å². The van der Waals surface area contributed by atoms with Crippen molar-refractivity contribution in [3.63, 3.8) is 0 Å². The number of carboxylic acid groups (broad SMARTS) is 1. The van der Waals surface area contributed by atoms with Crippen LogP contribution in [-0.2, 0) is 19.6 Å². The molecule has 8 nitrogen and oxygen atoms in total. The molecular formula is C18H25N3O5S. The van der Waals surface area contributed by atoms with Crippen LogP contribution in [0.1, 0.15) is 45.1 Å². The van der Waals surface area contributed by atoms with Crippen LogP contribution in [0.5, 0.6) is 0 Å². The first-order valence-corrected chi connectivity index (χ1v) is 10.5. The molecule has 0 aliphatic carbocycles. The number of hydrogen-bond donors (Lipinski definition) is 2. The fourth-order valence-corrected chi connectivity index (χ4v) is 4.18. The lowest BCUT2D eigenvalue weighted by Crippen LogP contribution is -2.42. The van der Waals surface area contributed by atoms with Crippen molar-refractivity contribution >= 4 is 27.7 Å². The monoisotopic (exact) mass is 395 g/mol. The fraction of sp³-hybridized carbons (Fsp3) is 0.500. The van der Waals surface area contributed by atoms with Gasteiger partial charge in [0.25, 0.3) is 10.0 Å². The molecule has 1 aromatic carbocycles. The molecule has 0 saturated heterocycles. The summed E-state index contributed by atoms with van der Waals surface area (Å²) in [6, 6.07) is 5.61. The number of carbonyl (C=O) groups excluding carboxylic acids is 1. The van der Waals surface area contributed by atoms with E-state index >= 15 is 0 Å². The minimum absolute atomic E-state index is 0.126. The molecular weight excluding hydrogens is 370 g/mol. The largest absolute Gasteiger partial charge is 0.480 e. The molecule has 148 valence electrons. The summed E-state index contributed by atoms with van der Waals surface area (Å²) in [7, 11) is -3.70. The molecule has 0 aromatic heterocycles. The van der Waals surface area contributed by atoms with Gasteiger partial charge in [-0.05, 0) is 25.0 Å². The molecule has 9 heteroatoms. The van der Waals surface area contributed by atoms with Gasteiger partial charge in [-0.3, -0.25) is 19.3 Å². The van der Waals surface area contributed by atoms with Crippen molar-refractivity contribution < 1.29 is 23.1 Å². The van der Waals surface area contributed by atoms with Gasteiger partial charge in [0.1, 0.15) is 18.4 Å². The Labute approximate surface area is 159 Å². The molecule has 27 heavy (non-hydrogen) atoms. The quantitative estimate of drug-likeness (QED) is 0.659. The molecule has 0 bridgehead atoms. The van der Waals surface area contributed by atoms with Gasteiger partial charge < -0.3 is 10.0 Å². The van der Waals surface area contributed by atoms with E-state index in [2.05, 4.69) is 9.71 Å². The summed E-state index contributed by atoms with van der Waals surface area (Å²) in [5.41, 5.74) is 0.423. The van der Waals surface area contributed by atoms with Gasteiger partial charge in [-0.1, -0.05) is 38.8 Å². The van der Waals surface area contributed by atoms with Crippen molar-refractivity contribution in [3.05, 3.63) is 29.8 Å². The second-order valence-corrected chi connectivity index (χ2v) is 8.04. The lowest BCUT2D eigenvalue weighted by atomic mass is 10.1. The number of carboxylic acids is 1. The molecule has 1 aliphatic heterocycles. The van der Waals surface area contributed by atoms with Crippen molar-refractivity contribution in [2.75, 3.05) is 13.1 Å². The van der Waals surface area contributed by atoms with Crippen LogP contribution in [0, 0.1) is 0 Å². The Morgan fingerprint density at radius 2 is 1.93 bits per heavy atom. The minimum atomic E-state index is -3.70. The molecule has 0 radical (unpaired) electrons. The third kappa shape index (κ3) is 5.06. The van der Waals surface area contributed by atoms with E-state index in [1.807, 2.05) is 13.8 Å². The van der Waals surface area contributed by atoms with Crippen molar-refractivity contribution in [2.45, 2.75) is 50.5 Å². The number of fused-ring (bicyclic) bond motifs is 1. The molecule has 1 aromatic rings. The van der Waals surface area contributed by atoms with Gasteiger partial charge in [0.15, 0.2) is 0 Å². The normalized spacial score (nSPS) is 17.2. The van der Waals surface area contributed by atoms with Crippen LogP contribution in [0.2, 0.25) is 0 Å². The van der Waals surface area contributed by atoms with E-state index in [-0.39, 0.29) is 10.7 Å². The Hall–Kier alpha value is -2.42. The number of hydrogen-bond acceptors (Lipinski definition) is 5. The summed E-state index contributed by atoms with van der Waals surface area (Å²) in [6.45, 7) is 3.74. The molecule has 1 amide bonds. The number of amidine groups is 1. The number of amides is 1. The molecule has 1 unspecified atom stereocenters. The fourth-order valence-electron chi connectivity index (χ4n) is 2.94. The SMILES string of the molecule is CCCCC(N=C1NS(=O)(=O)c2ccccc21)C(=O)N(CCC)CC(=O)O. The molecule has 2 rings (SSSR count). The number of aliphatic imine (C=N–C) groups is 1. The summed E-state index contributed by atoms with van der Waals surface area (Å²) < 4.78 is 26.9. The second-order valence-electron chi connectivity index (χ2n) is 6.39. The van der Waals surface area contributed by atoms with E-state index < -0.39 is 34.5 Å². The number of unbranched alkanes of at least 4 members (excludes halogenated alkanes) is 1. The zero-order chi connectivity index (χ0) is 20.0. The highest BCUT2D eigenvalue weighted by Gasteiger charge is 2.32. The molecule has 0 spiro atoms. The average Bonchev–Trinajstić information content (AvgIpc) is 2.88. The lowest BCUT2D eigenvalue weighted by Gasteiger charge is -2.24. The molecule has 1 heterocycles. The van der Waals surface area contributed by atoms with Crippen molar-refractivity contribution in [2.24, 2.45) is 4.99 Å². The first-order chi connectivity index (χ1) is 12.8. The maximum Gasteiger partial charge on any atom is 0.323 e. The topological polar surface area (TPSA) is 116 Å². The zero-order valence-corrected chi connectivity index (χ0v) is 16.3. The Morgan fingerprint density at radius 3 is 2.56 bits per heavy atom. The summed E-state index contributed by atoms with van der Waals surface area (Å²) >= 11 is 0. The minimum Gasteiger partial charge on any atom is -0.480 e. The maximum atomic E-state index is 12.9. The highest BCUT2D eigenvalue weighted by molar-refractivity contribution is 7.90. The van der Waals surface area contributed by atoms with E-state index in [1.165, 1.54) is 11.0 Å². The van der Waals surface area contributed by atoms with Crippen molar-refractivity contribution in [1.29, 1.82) is 0 Å². The number of rotatable bonds is 9. The van der Waals surface area contributed by atoms with Crippen LogP contribution >= 0.6 is 0 Å². The summed E-state index contributed by atoms with van der Waals surface area (Å²) in [5.74, 6) is -1.36. The summed E-state index contributed by atoms with van der Waals surface area (Å²) in [5, 5.41) is 9.08. The highest BCUT2D eigenvalue weighted by Crippen LogP contribution is 2.23. The predicted molar refractivity (Wildman–Crippen MR) is 101 cm³/mol. The molecule has 1 atom stereocenters. The van der Waals surface area contributed by atoms with Gasteiger partial charge in [0.05, 0.1) is 4.90 Å². The molecule has 2 N–H and O–H groups in total. The van der Waals surface area contributed by atoms with Crippen LogP contribution in [-0.4, -0.2) is 55.3 Å². The van der Waals surface area contributed by atoms with Crippen LogP contribution in [0.15, 0.2) is 34.2 Å². The number of benzene rings is 1. The summed E-state index contributed by atoms with van der Waals surface area (Å²) in [6.07, 6.45) is 2.59. The molecule has 0 saturated carbocycles. The smallest absolute Gasteiger partial charge is 0.323 e. The lowest BCUT2D eigenvalue weighted by molar-refractivity contribution is -0.145. The van der Waals surface area contributed by atoms with E-state index in [9.17, 15) is 18.0 Å². The second kappa shape index (κ2) is 8.98. The maximum absolute atomic E-state index is 12.9. The Bertz CT molecular complexity index is 835. The van der Waals surface area contributed by atoms with Crippen molar-refractivity contribution in [3.8, 4) is 0 Å². The zero-order valence-electron chi connectivity index (χ0n) is 15.5. The van der Waals surface area contributed by atoms with Gasteiger partial charge in [0.2, 0.25) is 5.91 Å². The predicted octanol–water partition coefficient (Wildman–Crippen LogP) is 1.61. The Kier molecular flexibility index (Phi) is 6.95. The third-order valence-corrected chi connectivity index (χ3v) is 5.59. The first kappa shape index (κ1) is 20.9. The molecule has 0 fully saturated rings. The Morgan fingerprint density at radius 1 is 1.22 bits per heavy atom. The summed E-state index contributed by atoms with van der Waals surface area (Å²) in [4.78, 5) is 29.8. The Balaban J connectivity index is 2.38. The van der Waals surface area contributed by atoms with E-state index in [4.69, 9.17) is 5.11 Å². The van der Waals surface area contributed by atoms with E-state index in [1.54, 1.807) is 18.2 Å². The van der Waals surface area contributed by atoms with Gasteiger partial charge in [-0.2, -0.15) is 0 Å². The molecule has 1 aliphatic rings. The number of carbonyl (C=O) groups is 2. The van der Waals surface area contributed by atoms with Crippen LogP contribution in [0.4, 0.5) is 0 Å². The highest BCUT2D eigenvalue weighted by atomic mass is 32.2. The number of nitrogens with one attached hydrogen (secondary N) is 1. The third-order valence-electron chi connectivity index (χ3n) is 4.20. The van der Waals surface area contributed by atoms with Gasteiger partial charge in [-0.25, -0.2) is 8.42 Å². The number of sulfonamides is 1. The number of aliphatic carboxylic acids is 1. The van der Waals surface area contributed by atoms with Crippen LogP contribution < -0.4 is 4.72 Å². The van der Waals surface area contributed by atoms with Crippen molar-refractivity contribution in [1.82, 2.24) is 9.62 Å². The number of nitrogens with zero attached hydrogens (tertiary/aromatic N) is 2. The van der Waals surface area contributed by atoms with Gasteiger partial charge in [0, 0.05) is 12.1 Å². The standard InChI is InChI=1S/C18H25N3O5S/c1-3-5-9-14(18(24)21(11-4-2)12-16(22)23)19-17-13-8-6-7-10-15(13)27(25,26)20-17/h6-8,10,14H,3-5,9,11-12H2,1-2H3,(H,19,20)(H,22,23). The van der Waals surface area contributed by atoms with E-state index in [0.29, 0.717) is 31.4 Å². The first-order valence-electron chi connectivity index (χ1n) is 9.00. The average molecular weight is 395 g/mol. The van der Waals surface area contributed by atoms with E-state index in [0.717, 1.165) is 6.42 Å². The van der Waals surface area contributed by atoms with Gasteiger partial charge in [-0.15, -0.1) is 0 Å². The van der Waals surface area contributed by atoms with Crippen LogP contribution in [0.25, 0.3) is 0 Å². The van der Waals surface area contributed by atoms with Gasteiger partial charge >= 0.3 is 5.97 Å².